The Balaban J connectivity index is 2.03. The maximum atomic E-state index is 13.8. The Morgan fingerprint density at radius 2 is 2.21 bits per heavy atom. The second-order valence-corrected chi connectivity index (χ2v) is 5.90. The quantitative estimate of drug-likeness (QED) is 0.754. The molecule has 3 rings (SSSR count). The molecule has 96 valence electrons. The topological polar surface area (TPSA) is 36.1 Å². The number of allylic oxidation sites excluding steroid dienone is 1. The van der Waals surface area contributed by atoms with Crippen molar-refractivity contribution in [3.05, 3.63) is 46.3 Å². The molecule has 0 bridgehead atoms. The van der Waals surface area contributed by atoms with E-state index in [9.17, 15) is 4.39 Å². The van der Waals surface area contributed by atoms with Gasteiger partial charge in [0.05, 0.1) is 12.1 Å². The van der Waals surface area contributed by atoms with Crippen molar-refractivity contribution in [1.82, 2.24) is 0 Å². The van der Waals surface area contributed by atoms with Gasteiger partial charge in [-0.05, 0) is 40.7 Å². The predicted octanol–water partition coefficient (Wildman–Crippen LogP) is 3.59. The highest BCUT2D eigenvalue weighted by Gasteiger charge is 2.40. The van der Waals surface area contributed by atoms with E-state index < -0.39 is 5.82 Å². The van der Waals surface area contributed by atoms with E-state index in [-0.39, 0.29) is 16.9 Å². The number of benzene rings is 1. The van der Waals surface area contributed by atoms with Gasteiger partial charge in [-0.1, -0.05) is 19.9 Å². The molecule has 0 saturated carbocycles. The summed E-state index contributed by atoms with van der Waals surface area (Å²) >= 11 is 0. The van der Waals surface area contributed by atoms with Crippen LogP contribution < -0.4 is 0 Å². The van der Waals surface area contributed by atoms with Crippen molar-refractivity contribution in [2.75, 3.05) is 6.54 Å². The number of hydrogen-bond donors (Lipinski definition) is 0. The molecule has 1 unspecified atom stereocenters. The molecule has 3 heteroatoms. The van der Waals surface area contributed by atoms with Crippen molar-refractivity contribution in [2.24, 2.45) is 10.4 Å². The summed E-state index contributed by atoms with van der Waals surface area (Å²) in [6.45, 7) is 5.21. The van der Waals surface area contributed by atoms with Gasteiger partial charge in [-0.2, -0.15) is 5.26 Å². The molecule has 1 aliphatic heterocycles. The fourth-order valence-corrected chi connectivity index (χ4v) is 3.19. The Morgan fingerprint density at radius 1 is 1.42 bits per heavy atom. The van der Waals surface area contributed by atoms with Gasteiger partial charge in [0.15, 0.2) is 0 Å². The zero-order valence-corrected chi connectivity index (χ0v) is 11.1. The lowest BCUT2D eigenvalue weighted by Crippen LogP contribution is -2.12. The van der Waals surface area contributed by atoms with Crippen LogP contribution in [0.5, 0.6) is 0 Å². The van der Waals surface area contributed by atoms with E-state index in [1.165, 1.54) is 17.2 Å². The first-order valence-corrected chi connectivity index (χ1v) is 6.46. The molecule has 1 aromatic rings. The van der Waals surface area contributed by atoms with Gasteiger partial charge in [-0.3, -0.25) is 4.99 Å². The molecule has 0 spiro atoms. The lowest BCUT2D eigenvalue weighted by atomic mass is 9.83. The molecule has 0 aromatic heterocycles. The number of aliphatic imine (C=N–C) groups is 1. The third kappa shape index (κ3) is 1.79. The van der Waals surface area contributed by atoms with E-state index in [2.05, 4.69) is 18.8 Å². The van der Waals surface area contributed by atoms with E-state index in [0.29, 0.717) is 0 Å². The summed E-state index contributed by atoms with van der Waals surface area (Å²) in [6.07, 6.45) is 2.92. The van der Waals surface area contributed by atoms with Gasteiger partial charge in [0.25, 0.3) is 0 Å². The molecule has 1 aliphatic carbocycles. The molecule has 0 radical (unpaired) electrons. The summed E-state index contributed by atoms with van der Waals surface area (Å²) in [7, 11) is 0. The number of nitriles is 1. The minimum Gasteiger partial charge on any atom is -0.288 e. The Morgan fingerprint density at radius 3 is 2.89 bits per heavy atom. The fourth-order valence-electron chi connectivity index (χ4n) is 3.19. The molecule has 1 heterocycles. The lowest BCUT2D eigenvalue weighted by Gasteiger charge is -2.22. The Labute approximate surface area is 112 Å². The molecule has 0 amide bonds. The summed E-state index contributed by atoms with van der Waals surface area (Å²) < 4.78 is 13.8. The third-order valence-electron chi connectivity index (χ3n) is 4.25. The SMILES string of the molecule is CC1(C)CC(c2ccc(C#N)c(F)c2)C2=C1CN=C2. The third-order valence-corrected chi connectivity index (χ3v) is 4.25. The number of hydrogen-bond acceptors (Lipinski definition) is 2. The van der Waals surface area contributed by atoms with Gasteiger partial charge < -0.3 is 0 Å². The van der Waals surface area contributed by atoms with Crippen LogP contribution in [0.4, 0.5) is 4.39 Å². The van der Waals surface area contributed by atoms with Gasteiger partial charge in [-0.25, -0.2) is 4.39 Å². The first-order chi connectivity index (χ1) is 9.03. The van der Waals surface area contributed by atoms with Crippen LogP contribution in [0.25, 0.3) is 0 Å². The smallest absolute Gasteiger partial charge is 0.141 e. The van der Waals surface area contributed by atoms with Crippen molar-refractivity contribution in [1.29, 1.82) is 5.26 Å². The van der Waals surface area contributed by atoms with Gasteiger partial charge in [0.2, 0.25) is 0 Å². The zero-order chi connectivity index (χ0) is 13.6. The minimum absolute atomic E-state index is 0.107. The van der Waals surface area contributed by atoms with Gasteiger partial charge in [-0.15, -0.1) is 0 Å². The van der Waals surface area contributed by atoms with Crippen molar-refractivity contribution in [2.45, 2.75) is 26.2 Å². The summed E-state index contributed by atoms with van der Waals surface area (Å²) in [5.41, 5.74) is 3.80. The maximum Gasteiger partial charge on any atom is 0.141 e. The summed E-state index contributed by atoms with van der Waals surface area (Å²) in [6, 6.07) is 6.80. The molecule has 0 N–H and O–H groups in total. The summed E-state index contributed by atoms with van der Waals surface area (Å²) in [4.78, 5) is 4.35. The zero-order valence-electron chi connectivity index (χ0n) is 11.1. The van der Waals surface area contributed by atoms with Crippen molar-refractivity contribution in [3.8, 4) is 6.07 Å². The molecular formula is C16H15FN2. The average molecular weight is 254 g/mol. The second kappa shape index (κ2) is 4.03. The standard InChI is InChI=1S/C16H15FN2/c1-16(2)6-12(13-8-19-9-14(13)16)10-3-4-11(7-18)15(17)5-10/h3-5,8,12H,6,9H2,1-2H3. The first-order valence-electron chi connectivity index (χ1n) is 6.46. The van der Waals surface area contributed by atoms with E-state index >= 15 is 0 Å². The van der Waals surface area contributed by atoms with Crippen LogP contribution in [-0.2, 0) is 0 Å². The van der Waals surface area contributed by atoms with Crippen LogP contribution >= 0.6 is 0 Å². The predicted molar refractivity (Wildman–Crippen MR) is 72.6 cm³/mol. The molecule has 1 aromatic carbocycles. The van der Waals surface area contributed by atoms with Gasteiger partial charge in [0, 0.05) is 12.1 Å². The van der Waals surface area contributed by atoms with Crippen molar-refractivity contribution >= 4 is 6.21 Å². The monoisotopic (exact) mass is 254 g/mol. The summed E-state index contributed by atoms with van der Waals surface area (Å²) in [5, 5.41) is 8.79. The van der Waals surface area contributed by atoms with E-state index in [0.717, 1.165) is 18.5 Å². The van der Waals surface area contributed by atoms with Gasteiger partial charge in [0.1, 0.15) is 11.9 Å². The average Bonchev–Trinajstić information content (AvgIpc) is 2.93. The highest BCUT2D eigenvalue weighted by Crippen LogP contribution is 2.51. The number of nitrogens with zero attached hydrogens (tertiary/aromatic N) is 2. The molecular weight excluding hydrogens is 239 g/mol. The van der Waals surface area contributed by atoms with Crippen molar-refractivity contribution in [3.63, 3.8) is 0 Å². The van der Waals surface area contributed by atoms with E-state index in [1.807, 2.05) is 18.4 Å². The minimum atomic E-state index is -0.429. The van der Waals surface area contributed by atoms with E-state index in [4.69, 9.17) is 5.26 Å². The molecule has 2 nitrogen and oxygen atoms in total. The van der Waals surface area contributed by atoms with Crippen LogP contribution in [0.3, 0.4) is 0 Å². The Kier molecular flexibility index (Phi) is 2.56. The largest absolute Gasteiger partial charge is 0.288 e. The van der Waals surface area contributed by atoms with Gasteiger partial charge >= 0.3 is 0 Å². The van der Waals surface area contributed by atoms with Crippen LogP contribution in [0.1, 0.15) is 37.3 Å². The van der Waals surface area contributed by atoms with Crippen molar-refractivity contribution < 1.29 is 4.39 Å². The fraction of sp³-hybridized carbons (Fsp3) is 0.375. The molecule has 19 heavy (non-hydrogen) atoms. The molecule has 1 atom stereocenters. The lowest BCUT2D eigenvalue weighted by molar-refractivity contribution is 0.419. The number of halogens is 1. The Hall–Kier alpha value is -1.95. The van der Waals surface area contributed by atoms with Crippen LogP contribution in [0, 0.1) is 22.6 Å². The van der Waals surface area contributed by atoms with Crippen LogP contribution in [0.2, 0.25) is 0 Å². The highest BCUT2D eigenvalue weighted by molar-refractivity contribution is 5.86. The molecule has 0 saturated heterocycles. The second-order valence-electron chi connectivity index (χ2n) is 5.90. The molecule has 2 aliphatic rings. The van der Waals surface area contributed by atoms with E-state index in [1.54, 1.807) is 6.07 Å². The molecule has 0 fully saturated rings. The first kappa shape index (κ1) is 12.1. The number of rotatable bonds is 1. The summed E-state index contributed by atoms with van der Waals surface area (Å²) in [5.74, 6) is -0.222. The highest BCUT2D eigenvalue weighted by atomic mass is 19.1. The van der Waals surface area contributed by atoms with Crippen LogP contribution in [0.15, 0.2) is 34.3 Å². The maximum absolute atomic E-state index is 13.8. The Bertz CT molecular complexity index is 647. The normalized spacial score (nSPS) is 23.6. The van der Waals surface area contributed by atoms with Crippen LogP contribution in [-0.4, -0.2) is 12.8 Å².